The molecule has 7 heavy (non-hydrogen) atoms. The van der Waals surface area contributed by atoms with Crippen molar-refractivity contribution < 1.29 is 64.7 Å². The van der Waals surface area contributed by atoms with E-state index in [1.165, 1.54) is 0 Å². The predicted molar refractivity (Wildman–Crippen MR) is 10.5 cm³/mol. The molecule has 0 bridgehead atoms. The largest absolute Gasteiger partial charge is 2.00 e. The molecule has 0 aliphatic heterocycles. The van der Waals surface area contributed by atoms with Gasteiger partial charge in [0, 0.05) is 10.4 Å². The zero-order chi connectivity index (χ0) is 4.50. The first-order valence-electron chi connectivity index (χ1n) is 0.667. The van der Waals surface area contributed by atoms with Gasteiger partial charge in [-0.25, -0.2) is 0 Å². The summed E-state index contributed by atoms with van der Waals surface area (Å²) < 4.78 is 34.1. The first-order valence-corrected chi connectivity index (χ1v) is 2.00. The van der Waals surface area contributed by atoms with E-state index in [2.05, 4.69) is 0 Å². The van der Waals surface area contributed by atoms with Crippen LogP contribution in [0.2, 0.25) is 0 Å². The minimum Gasteiger partial charge on any atom is -0.759 e. The van der Waals surface area contributed by atoms with E-state index in [-0.39, 0.29) is 47.1 Å². The molecule has 0 rings (SSSR count). The van der Waals surface area contributed by atoms with Crippen LogP contribution in [0.5, 0.6) is 0 Å². The Balaban J connectivity index is -0.0000000800. The van der Waals surface area contributed by atoms with Crippen molar-refractivity contribution in [2.24, 2.45) is 0 Å². The number of hydrogen-bond donors (Lipinski definition) is 0. The smallest absolute Gasteiger partial charge is 0.759 e. The zero-order valence-electron chi connectivity index (χ0n) is 3.46. The molecule has 0 N–H and O–H groups in total. The van der Waals surface area contributed by atoms with Gasteiger partial charge in [0.25, 0.3) is 0 Å². The summed E-state index contributed by atoms with van der Waals surface area (Å²) in [6.07, 6.45) is 0. The maximum atomic E-state index is 8.52. The molecule has 0 amide bonds. The van der Waals surface area contributed by atoms with Crippen LogP contribution in [0.3, 0.4) is 0 Å². The third kappa shape index (κ3) is 107. The summed E-state index contributed by atoms with van der Waals surface area (Å²) in [6.45, 7) is 0. The first kappa shape index (κ1) is 15.8. The van der Waals surface area contributed by atoms with Gasteiger partial charge in [-0.2, -0.15) is 0 Å². The van der Waals surface area contributed by atoms with E-state index in [1.807, 2.05) is 0 Å². The summed E-state index contributed by atoms with van der Waals surface area (Å²) in [5.41, 5.74) is 0. The van der Waals surface area contributed by atoms with Crippen molar-refractivity contribution >= 4 is 10.4 Å². The molecule has 0 saturated heterocycles. The number of rotatable bonds is 0. The summed E-state index contributed by atoms with van der Waals surface area (Å²) in [5.74, 6) is 0. The molecular formula is HgO4SZn+. The molecule has 0 heterocycles. The van der Waals surface area contributed by atoms with E-state index in [1.54, 1.807) is 0 Å². The van der Waals surface area contributed by atoms with E-state index < -0.39 is 10.4 Å². The molecular weight excluding hydrogens is 362 g/mol. The van der Waals surface area contributed by atoms with Gasteiger partial charge in [0.2, 0.25) is 0 Å². The van der Waals surface area contributed by atoms with Gasteiger partial charge in [0.05, 0.1) is 0 Å². The van der Waals surface area contributed by atoms with Crippen molar-refractivity contribution in [1.29, 1.82) is 0 Å². The topological polar surface area (TPSA) is 80.3 Å². The Hall–Kier alpha value is 1.43. The molecule has 0 aliphatic rings. The van der Waals surface area contributed by atoms with Crippen molar-refractivity contribution in [2.75, 3.05) is 0 Å². The van der Waals surface area contributed by atoms with E-state index >= 15 is 0 Å². The van der Waals surface area contributed by atoms with Crippen LogP contribution in [0.1, 0.15) is 0 Å². The molecule has 7 heteroatoms. The molecule has 0 atom stereocenters. The fourth-order valence-electron chi connectivity index (χ4n) is 0. The van der Waals surface area contributed by atoms with Crippen molar-refractivity contribution in [1.82, 2.24) is 0 Å². The third-order valence-corrected chi connectivity index (χ3v) is 0. The molecule has 0 unspecified atom stereocenters. The second kappa shape index (κ2) is 5.56. The van der Waals surface area contributed by atoms with Crippen molar-refractivity contribution in [3.63, 3.8) is 0 Å². The summed E-state index contributed by atoms with van der Waals surface area (Å²) in [5, 5.41) is 0. The van der Waals surface area contributed by atoms with E-state index in [0.29, 0.717) is 0 Å². The zero-order valence-corrected chi connectivity index (χ0v) is 12.7. The van der Waals surface area contributed by atoms with Crippen molar-refractivity contribution in [3.8, 4) is 0 Å². The molecule has 0 saturated carbocycles. The van der Waals surface area contributed by atoms with Gasteiger partial charge in [-0.3, -0.25) is 8.42 Å². The molecule has 0 aliphatic carbocycles. The van der Waals surface area contributed by atoms with Crippen molar-refractivity contribution in [2.45, 2.75) is 0 Å². The van der Waals surface area contributed by atoms with Gasteiger partial charge in [0.15, 0.2) is 0 Å². The van der Waals surface area contributed by atoms with E-state index in [9.17, 15) is 0 Å². The van der Waals surface area contributed by atoms with Gasteiger partial charge in [0.1, 0.15) is 0 Å². The monoisotopic (exact) mass is 362 g/mol. The summed E-state index contributed by atoms with van der Waals surface area (Å²) in [6, 6.07) is 0. The minimum absolute atomic E-state index is 0. The maximum absolute atomic E-state index is 8.52. The quantitative estimate of drug-likeness (QED) is 0.304. The van der Waals surface area contributed by atoms with E-state index in [4.69, 9.17) is 17.5 Å². The van der Waals surface area contributed by atoms with Crippen LogP contribution in [0.15, 0.2) is 0 Å². The average molecular weight is 362 g/mol. The molecule has 4 nitrogen and oxygen atoms in total. The maximum Gasteiger partial charge on any atom is 2.00 e. The van der Waals surface area contributed by atoms with Gasteiger partial charge in [-0.1, -0.05) is 0 Å². The minimum atomic E-state index is -5.17. The van der Waals surface area contributed by atoms with Crippen LogP contribution in [0, 0.1) is 0 Å². The summed E-state index contributed by atoms with van der Waals surface area (Å²) in [7, 11) is -5.17. The molecule has 0 spiro atoms. The summed E-state index contributed by atoms with van der Waals surface area (Å²) >= 11 is 0. The molecule has 0 fully saturated rings. The van der Waals surface area contributed by atoms with E-state index in [0.717, 1.165) is 0 Å². The normalized spacial score (nSPS) is 8.29. The second-order valence-corrected chi connectivity index (χ2v) is 1.22. The van der Waals surface area contributed by atoms with Crippen LogP contribution in [0.4, 0.5) is 0 Å². The van der Waals surface area contributed by atoms with Crippen molar-refractivity contribution in [3.05, 3.63) is 0 Å². The Morgan fingerprint density at radius 3 is 1.14 bits per heavy atom. The molecule has 0 aromatic heterocycles. The van der Waals surface area contributed by atoms with Crippen LogP contribution >= 0.6 is 0 Å². The predicted octanol–water partition coefficient (Wildman–Crippen LogP) is -1.34. The average Bonchev–Trinajstić information content (AvgIpc) is 0.722. The Morgan fingerprint density at radius 2 is 1.14 bits per heavy atom. The fraction of sp³-hybridized carbons (Fsp3) is 0. The van der Waals surface area contributed by atoms with Crippen LogP contribution < -0.4 is 0 Å². The van der Waals surface area contributed by atoms with Crippen LogP contribution in [0.25, 0.3) is 0 Å². The standard InChI is InChI=1S/Hg.H2O4S.Zn/c;1-5(2,3)4;/h;(H2,1,2,3,4);/q+1;;+2/p-2. The molecule has 0 aromatic carbocycles. The van der Waals surface area contributed by atoms with Crippen LogP contribution in [-0.4, -0.2) is 17.5 Å². The molecule has 0 aromatic rings. The molecule has 1 radical (unpaired) electrons. The SMILES string of the molecule is O=S(=O)([O-])[O-].[Hg+].[Zn+2]. The van der Waals surface area contributed by atoms with Gasteiger partial charge in [-0.05, 0) is 0 Å². The Labute approximate surface area is 74.5 Å². The first-order chi connectivity index (χ1) is 2.00. The fourth-order valence-corrected chi connectivity index (χ4v) is 0. The molecule has 33 valence electrons. The number of hydrogen-bond acceptors (Lipinski definition) is 4. The Bertz CT molecular complexity index is 94.9. The summed E-state index contributed by atoms with van der Waals surface area (Å²) in [4.78, 5) is 0. The van der Waals surface area contributed by atoms with Gasteiger partial charge < -0.3 is 9.11 Å². The van der Waals surface area contributed by atoms with Gasteiger partial charge in [-0.15, -0.1) is 0 Å². The van der Waals surface area contributed by atoms with Gasteiger partial charge >= 0.3 is 47.1 Å². The Kier molecular flexibility index (Phi) is 12.5. The Morgan fingerprint density at radius 1 is 1.14 bits per heavy atom. The second-order valence-electron chi connectivity index (χ2n) is 0.408. The van der Waals surface area contributed by atoms with Crippen LogP contribution in [-0.2, 0) is 57.5 Å². The third-order valence-electron chi connectivity index (χ3n) is 0.